The van der Waals surface area contributed by atoms with E-state index in [0.717, 1.165) is 20.7 Å². The minimum absolute atomic E-state index is 0.454. The SMILES string of the molecule is Cc1cc(-c2ccc(CN)cc2)n(S(N)(=O)=O)c1. The van der Waals surface area contributed by atoms with Gasteiger partial charge in [0.05, 0.1) is 5.69 Å². The van der Waals surface area contributed by atoms with Gasteiger partial charge in [-0.15, -0.1) is 0 Å². The predicted octanol–water partition coefficient (Wildman–Crippen LogP) is 0.974. The highest BCUT2D eigenvalue weighted by Crippen LogP contribution is 2.23. The number of benzene rings is 1. The maximum absolute atomic E-state index is 11.5. The third kappa shape index (κ3) is 2.45. The van der Waals surface area contributed by atoms with Gasteiger partial charge in [-0.25, -0.2) is 9.11 Å². The average molecular weight is 265 g/mol. The lowest BCUT2D eigenvalue weighted by atomic mass is 10.1. The van der Waals surface area contributed by atoms with Crippen LogP contribution in [0.5, 0.6) is 0 Å². The van der Waals surface area contributed by atoms with Crippen molar-refractivity contribution in [3.63, 3.8) is 0 Å². The van der Waals surface area contributed by atoms with Crippen LogP contribution in [0.2, 0.25) is 0 Å². The lowest BCUT2D eigenvalue weighted by Crippen LogP contribution is -2.21. The first-order valence-corrected chi connectivity index (χ1v) is 6.94. The van der Waals surface area contributed by atoms with Gasteiger partial charge in [0.25, 0.3) is 0 Å². The van der Waals surface area contributed by atoms with Crippen molar-refractivity contribution in [3.05, 3.63) is 47.7 Å². The Morgan fingerprint density at radius 2 is 1.83 bits per heavy atom. The summed E-state index contributed by atoms with van der Waals surface area (Å²) >= 11 is 0. The first-order chi connectivity index (χ1) is 8.41. The molecule has 0 radical (unpaired) electrons. The average Bonchev–Trinajstić information content (AvgIpc) is 2.71. The van der Waals surface area contributed by atoms with Crippen molar-refractivity contribution in [2.75, 3.05) is 0 Å². The van der Waals surface area contributed by atoms with E-state index in [1.165, 1.54) is 6.20 Å². The van der Waals surface area contributed by atoms with E-state index in [9.17, 15) is 8.42 Å². The van der Waals surface area contributed by atoms with Crippen molar-refractivity contribution in [2.24, 2.45) is 10.9 Å². The third-order valence-electron chi connectivity index (χ3n) is 2.68. The summed E-state index contributed by atoms with van der Waals surface area (Å²) in [6, 6.07) is 9.18. The van der Waals surface area contributed by atoms with Gasteiger partial charge in [0.15, 0.2) is 0 Å². The smallest absolute Gasteiger partial charge is 0.302 e. The second-order valence-corrected chi connectivity index (χ2v) is 5.57. The van der Waals surface area contributed by atoms with E-state index in [-0.39, 0.29) is 0 Å². The molecule has 0 aliphatic rings. The molecule has 0 saturated heterocycles. The van der Waals surface area contributed by atoms with Gasteiger partial charge < -0.3 is 5.73 Å². The fourth-order valence-corrected chi connectivity index (χ4v) is 2.55. The molecule has 0 bridgehead atoms. The summed E-state index contributed by atoms with van der Waals surface area (Å²) in [5.74, 6) is 0. The molecule has 2 aromatic rings. The van der Waals surface area contributed by atoms with E-state index in [1.807, 2.05) is 31.2 Å². The summed E-state index contributed by atoms with van der Waals surface area (Å²) < 4.78 is 24.1. The van der Waals surface area contributed by atoms with Gasteiger partial charge in [0.1, 0.15) is 0 Å². The van der Waals surface area contributed by atoms with Gasteiger partial charge in [-0.3, -0.25) is 0 Å². The van der Waals surface area contributed by atoms with Crippen molar-refractivity contribution >= 4 is 10.2 Å². The number of hydrogen-bond acceptors (Lipinski definition) is 3. The summed E-state index contributed by atoms with van der Waals surface area (Å²) in [7, 11) is -3.78. The van der Waals surface area contributed by atoms with E-state index < -0.39 is 10.2 Å². The van der Waals surface area contributed by atoms with Gasteiger partial charge in [0.2, 0.25) is 0 Å². The zero-order valence-corrected chi connectivity index (χ0v) is 10.8. The van der Waals surface area contributed by atoms with E-state index in [1.54, 1.807) is 6.07 Å². The molecule has 0 fully saturated rings. The molecule has 4 N–H and O–H groups in total. The monoisotopic (exact) mass is 265 g/mol. The molecular formula is C12H15N3O2S. The molecule has 5 nitrogen and oxygen atoms in total. The highest BCUT2D eigenvalue weighted by molar-refractivity contribution is 7.87. The molecule has 1 aromatic carbocycles. The van der Waals surface area contributed by atoms with Crippen LogP contribution in [0.4, 0.5) is 0 Å². The minimum atomic E-state index is -3.78. The summed E-state index contributed by atoms with van der Waals surface area (Å²) in [6.45, 7) is 2.27. The lowest BCUT2D eigenvalue weighted by Gasteiger charge is -2.07. The summed E-state index contributed by atoms with van der Waals surface area (Å²) in [5, 5.41) is 5.18. The quantitative estimate of drug-likeness (QED) is 0.866. The number of hydrogen-bond donors (Lipinski definition) is 2. The van der Waals surface area contributed by atoms with Crippen molar-refractivity contribution in [3.8, 4) is 11.3 Å². The van der Waals surface area contributed by atoms with Gasteiger partial charge in [-0.2, -0.15) is 8.42 Å². The van der Waals surface area contributed by atoms with E-state index in [2.05, 4.69) is 0 Å². The molecule has 6 heteroatoms. The Morgan fingerprint density at radius 3 is 2.33 bits per heavy atom. The standard InChI is InChI=1S/C12H15N3O2S/c1-9-6-12(15(8-9)18(14,16)17)11-4-2-10(7-13)3-5-11/h2-6,8H,7,13H2,1H3,(H2,14,16,17). The van der Waals surface area contributed by atoms with Gasteiger partial charge >= 0.3 is 10.2 Å². The Balaban J connectivity index is 2.56. The van der Waals surface area contributed by atoms with Crippen LogP contribution < -0.4 is 10.9 Å². The molecule has 18 heavy (non-hydrogen) atoms. The van der Waals surface area contributed by atoms with Crippen molar-refractivity contribution in [1.29, 1.82) is 0 Å². The normalized spacial score (nSPS) is 11.7. The summed E-state index contributed by atoms with van der Waals surface area (Å²) in [5.41, 5.74) is 8.69. The molecule has 0 amide bonds. The van der Waals surface area contributed by atoms with Crippen LogP contribution >= 0.6 is 0 Å². The van der Waals surface area contributed by atoms with Gasteiger partial charge in [-0.05, 0) is 29.7 Å². The van der Waals surface area contributed by atoms with E-state index in [0.29, 0.717) is 12.2 Å². The van der Waals surface area contributed by atoms with Gasteiger partial charge in [0, 0.05) is 12.7 Å². The number of nitrogens with two attached hydrogens (primary N) is 2. The zero-order chi connectivity index (χ0) is 13.3. The Morgan fingerprint density at radius 1 is 1.22 bits per heavy atom. The molecule has 0 saturated carbocycles. The van der Waals surface area contributed by atoms with Crippen LogP contribution in [0.1, 0.15) is 11.1 Å². The van der Waals surface area contributed by atoms with Crippen LogP contribution in [0, 0.1) is 6.92 Å². The fraction of sp³-hybridized carbons (Fsp3) is 0.167. The van der Waals surface area contributed by atoms with Crippen molar-refractivity contribution in [1.82, 2.24) is 3.97 Å². The number of aromatic nitrogens is 1. The van der Waals surface area contributed by atoms with Crippen LogP contribution in [-0.2, 0) is 16.8 Å². The molecular weight excluding hydrogens is 250 g/mol. The Kier molecular flexibility index (Phi) is 3.25. The second kappa shape index (κ2) is 4.56. The van der Waals surface area contributed by atoms with E-state index >= 15 is 0 Å². The molecule has 0 unspecified atom stereocenters. The third-order valence-corrected chi connectivity index (χ3v) is 3.53. The Bertz CT molecular complexity index is 657. The first kappa shape index (κ1) is 12.8. The highest BCUT2D eigenvalue weighted by Gasteiger charge is 2.13. The molecule has 0 aliphatic carbocycles. The maximum Gasteiger partial charge on any atom is 0.302 e. The largest absolute Gasteiger partial charge is 0.326 e. The molecule has 1 heterocycles. The molecule has 0 atom stereocenters. The number of nitrogens with zero attached hydrogens (tertiary/aromatic N) is 1. The fourth-order valence-electron chi connectivity index (χ4n) is 1.80. The summed E-state index contributed by atoms with van der Waals surface area (Å²) in [6.07, 6.45) is 1.50. The second-order valence-electron chi connectivity index (χ2n) is 4.14. The van der Waals surface area contributed by atoms with Crippen molar-refractivity contribution in [2.45, 2.75) is 13.5 Å². The maximum atomic E-state index is 11.5. The first-order valence-electron chi connectivity index (χ1n) is 5.43. The lowest BCUT2D eigenvalue weighted by molar-refractivity contribution is 0.590. The van der Waals surface area contributed by atoms with Crippen molar-refractivity contribution < 1.29 is 8.42 Å². The molecule has 96 valence electrons. The predicted molar refractivity (Wildman–Crippen MR) is 71.0 cm³/mol. The zero-order valence-electron chi connectivity index (χ0n) is 10.00. The Labute approximate surface area is 106 Å². The van der Waals surface area contributed by atoms with Crippen LogP contribution in [0.25, 0.3) is 11.3 Å². The summed E-state index contributed by atoms with van der Waals surface area (Å²) in [4.78, 5) is 0. The van der Waals surface area contributed by atoms with Crippen LogP contribution in [-0.4, -0.2) is 12.4 Å². The molecule has 1 aromatic heterocycles. The van der Waals surface area contributed by atoms with Crippen LogP contribution in [0.3, 0.4) is 0 Å². The molecule has 0 aliphatic heterocycles. The number of aryl methyl sites for hydroxylation is 1. The van der Waals surface area contributed by atoms with Gasteiger partial charge in [-0.1, -0.05) is 24.3 Å². The van der Waals surface area contributed by atoms with Crippen LogP contribution in [0.15, 0.2) is 36.5 Å². The highest BCUT2D eigenvalue weighted by atomic mass is 32.2. The Hall–Kier alpha value is -1.63. The minimum Gasteiger partial charge on any atom is -0.326 e. The topological polar surface area (TPSA) is 91.1 Å². The number of rotatable bonds is 3. The van der Waals surface area contributed by atoms with E-state index in [4.69, 9.17) is 10.9 Å². The molecule has 2 rings (SSSR count). The molecule has 0 spiro atoms.